The van der Waals surface area contributed by atoms with Crippen molar-refractivity contribution < 1.29 is 4.79 Å². The number of hydrogen-bond donors (Lipinski definition) is 0. The van der Waals surface area contributed by atoms with Gasteiger partial charge >= 0.3 is 0 Å². The number of benzene rings is 1. The number of hydrogen-bond acceptors (Lipinski definition) is 2. The standard InChI is InChI=1S/C19H17N3O/c23-19(16-8-10-20-11-9-16)22-14-13-21-12-4-7-17(21)18(22)15-5-2-1-3-6-15/h1-12,18H,13-14H2/t18-/m0/s1. The summed E-state index contributed by atoms with van der Waals surface area (Å²) in [4.78, 5) is 19.0. The predicted molar refractivity (Wildman–Crippen MR) is 88.0 cm³/mol. The van der Waals surface area contributed by atoms with Crippen molar-refractivity contribution in [2.45, 2.75) is 12.6 Å². The van der Waals surface area contributed by atoms with Gasteiger partial charge in [0, 0.05) is 42.9 Å². The van der Waals surface area contributed by atoms with Crippen LogP contribution in [0.3, 0.4) is 0 Å². The molecule has 1 aliphatic rings. The Morgan fingerprint density at radius 1 is 0.957 bits per heavy atom. The minimum Gasteiger partial charge on any atom is -0.348 e. The number of fused-ring (bicyclic) bond motifs is 1. The normalized spacial score (nSPS) is 16.9. The van der Waals surface area contributed by atoms with Gasteiger partial charge in [-0.05, 0) is 29.8 Å². The van der Waals surface area contributed by atoms with Crippen molar-refractivity contribution in [3.63, 3.8) is 0 Å². The van der Waals surface area contributed by atoms with Gasteiger partial charge in [0.25, 0.3) is 5.91 Å². The van der Waals surface area contributed by atoms with Crippen molar-refractivity contribution >= 4 is 5.91 Å². The van der Waals surface area contributed by atoms with Crippen LogP contribution in [0.25, 0.3) is 0 Å². The van der Waals surface area contributed by atoms with E-state index in [1.165, 1.54) is 0 Å². The molecular weight excluding hydrogens is 286 g/mol. The first-order valence-corrected chi connectivity index (χ1v) is 7.75. The molecule has 2 aromatic heterocycles. The second-order valence-corrected chi connectivity index (χ2v) is 5.67. The van der Waals surface area contributed by atoms with E-state index < -0.39 is 0 Å². The fraction of sp³-hybridized carbons (Fsp3) is 0.158. The molecule has 4 rings (SSSR count). The number of carbonyl (C=O) groups excluding carboxylic acids is 1. The Kier molecular flexibility index (Phi) is 3.42. The van der Waals surface area contributed by atoms with Crippen LogP contribution in [0.1, 0.15) is 27.7 Å². The minimum atomic E-state index is -0.0550. The first kappa shape index (κ1) is 13.8. The van der Waals surface area contributed by atoms with Crippen LogP contribution in [0.4, 0.5) is 0 Å². The van der Waals surface area contributed by atoms with E-state index in [9.17, 15) is 4.79 Å². The van der Waals surface area contributed by atoms with Crippen LogP contribution < -0.4 is 0 Å². The van der Waals surface area contributed by atoms with Crippen LogP contribution in [-0.4, -0.2) is 26.9 Å². The highest BCUT2D eigenvalue weighted by molar-refractivity contribution is 5.94. The Balaban J connectivity index is 1.78. The average molecular weight is 303 g/mol. The van der Waals surface area contributed by atoms with Crippen LogP contribution in [0.5, 0.6) is 0 Å². The van der Waals surface area contributed by atoms with Crippen molar-refractivity contribution in [3.05, 3.63) is 90.0 Å². The molecule has 0 aliphatic carbocycles. The Labute approximate surface area is 135 Å². The molecule has 1 aromatic carbocycles. The number of carbonyl (C=O) groups is 1. The molecule has 23 heavy (non-hydrogen) atoms. The van der Waals surface area contributed by atoms with E-state index in [-0.39, 0.29) is 11.9 Å². The van der Waals surface area contributed by atoms with Crippen molar-refractivity contribution in [2.75, 3.05) is 6.54 Å². The molecule has 4 nitrogen and oxygen atoms in total. The summed E-state index contributed by atoms with van der Waals surface area (Å²) in [5.74, 6) is 0.0497. The van der Waals surface area contributed by atoms with Gasteiger partial charge in [-0.15, -0.1) is 0 Å². The maximum absolute atomic E-state index is 13.0. The summed E-state index contributed by atoms with van der Waals surface area (Å²) in [6.45, 7) is 1.52. The van der Waals surface area contributed by atoms with E-state index in [2.05, 4.69) is 33.9 Å². The zero-order valence-electron chi connectivity index (χ0n) is 12.7. The lowest BCUT2D eigenvalue weighted by molar-refractivity contribution is 0.0664. The zero-order valence-corrected chi connectivity index (χ0v) is 12.7. The van der Waals surface area contributed by atoms with Crippen molar-refractivity contribution in [3.8, 4) is 0 Å². The van der Waals surface area contributed by atoms with Crippen molar-refractivity contribution in [1.29, 1.82) is 0 Å². The molecule has 0 saturated carbocycles. The lowest BCUT2D eigenvalue weighted by atomic mass is 9.99. The molecule has 0 bridgehead atoms. The van der Waals surface area contributed by atoms with Crippen LogP contribution in [0.2, 0.25) is 0 Å². The third-order valence-corrected chi connectivity index (χ3v) is 4.34. The maximum atomic E-state index is 13.0. The fourth-order valence-corrected chi connectivity index (χ4v) is 3.25. The quantitative estimate of drug-likeness (QED) is 0.729. The van der Waals surface area contributed by atoms with Crippen molar-refractivity contribution in [2.24, 2.45) is 0 Å². The Bertz CT molecular complexity index is 811. The van der Waals surface area contributed by atoms with Gasteiger partial charge in [0.1, 0.15) is 0 Å². The highest BCUT2D eigenvalue weighted by atomic mass is 16.2. The Hall–Kier alpha value is -2.88. The highest BCUT2D eigenvalue weighted by Crippen LogP contribution is 2.33. The summed E-state index contributed by atoms with van der Waals surface area (Å²) >= 11 is 0. The SMILES string of the molecule is O=C(c1ccncc1)N1CCn2cccc2[C@@H]1c1ccccc1. The molecule has 0 saturated heterocycles. The van der Waals surface area contributed by atoms with E-state index in [1.54, 1.807) is 24.5 Å². The van der Waals surface area contributed by atoms with Gasteiger partial charge in [-0.3, -0.25) is 9.78 Å². The van der Waals surface area contributed by atoms with Gasteiger partial charge in [0.05, 0.1) is 6.04 Å². The van der Waals surface area contributed by atoms with Crippen LogP contribution >= 0.6 is 0 Å². The number of nitrogens with zero attached hydrogens (tertiary/aromatic N) is 3. The fourth-order valence-electron chi connectivity index (χ4n) is 3.25. The predicted octanol–water partition coefficient (Wildman–Crippen LogP) is 3.13. The third-order valence-electron chi connectivity index (χ3n) is 4.34. The summed E-state index contributed by atoms with van der Waals surface area (Å²) in [5.41, 5.74) is 2.97. The minimum absolute atomic E-state index is 0.0497. The highest BCUT2D eigenvalue weighted by Gasteiger charge is 2.32. The molecule has 3 aromatic rings. The van der Waals surface area contributed by atoms with E-state index in [4.69, 9.17) is 0 Å². The van der Waals surface area contributed by atoms with Gasteiger partial charge in [-0.2, -0.15) is 0 Å². The smallest absolute Gasteiger partial charge is 0.254 e. The summed E-state index contributed by atoms with van der Waals surface area (Å²) in [6, 6.07) is 17.9. The summed E-state index contributed by atoms with van der Waals surface area (Å²) < 4.78 is 2.23. The van der Waals surface area contributed by atoms with Crippen LogP contribution in [0, 0.1) is 0 Å². The van der Waals surface area contributed by atoms with Gasteiger partial charge in [0.15, 0.2) is 0 Å². The number of pyridine rings is 1. The lowest BCUT2D eigenvalue weighted by Crippen LogP contribution is -2.42. The van der Waals surface area contributed by atoms with E-state index in [0.29, 0.717) is 12.1 Å². The lowest BCUT2D eigenvalue weighted by Gasteiger charge is -2.37. The summed E-state index contributed by atoms with van der Waals surface area (Å²) in [5, 5.41) is 0. The van der Waals surface area contributed by atoms with E-state index >= 15 is 0 Å². The Morgan fingerprint density at radius 3 is 2.52 bits per heavy atom. The molecule has 1 aliphatic heterocycles. The van der Waals surface area contributed by atoms with Gasteiger partial charge in [-0.25, -0.2) is 0 Å². The molecular formula is C19H17N3O. The summed E-state index contributed by atoms with van der Waals surface area (Å²) in [6.07, 6.45) is 5.41. The van der Waals surface area contributed by atoms with Crippen LogP contribution in [-0.2, 0) is 6.54 Å². The average Bonchev–Trinajstić information content (AvgIpc) is 3.10. The Morgan fingerprint density at radius 2 is 1.74 bits per heavy atom. The molecule has 3 heterocycles. The number of amides is 1. The maximum Gasteiger partial charge on any atom is 0.254 e. The number of aromatic nitrogens is 2. The molecule has 0 spiro atoms. The first-order valence-electron chi connectivity index (χ1n) is 7.75. The van der Waals surface area contributed by atoms with Gasteiger partial charge in [-0.1, -0.05) is 30.3 Å². The van der Waals surface area contributed by atoms with Gasteiger partial charge < -0.3 is 9.47 Å². The zero-order chi connectivity index (χ0) is 15.6. The second kappa shape index (κ2) is 5.72. The first-order chi connectivity index (χ1) is 11.3. The second-order valence-electron chi connectivity index (χ2n) is 5.67. The third kappa shape index (κ3) is 2.42. The number of rotatable bonds is 2. The molecule has 0 fully saturated rings. The largest absolute Gasteiger partial charge is 0.348 e. The van der Waals surface area contributed by atoms with Gasteiger partial charge in [0.2, 0.25) is 0 Å². The van der Waals surface area contributed by atoms with E-state index in [0.717, 1.165) is 17.8 Å². The monoisotopic (exact) mass is 303 g/mol. The van der Waals surface area contributed by atoms with E-state index in [1.807, 2.05) is 29.2 Å². The molecule has 4 heteroatoms. The molecule has 0 N–H and O–H groups in total. The molecule has 0 unspecified atom stereocenters. The molecule has 0 radical (unpaired) electrons. The molecule has 1 atom stereocenters. The molecule has 114 valence electrons. The molecule has 1 amide bonds. The van der Waals surface area contributed by atoms with Crippen LogP contribution in [0.15, 0.2) is 73.2 Å². The summed E-state index contributed by atoms with van der Waals surface area (Å²) in [7, 11) is 0. The topological polar surface area (TPSA) is 38.1 Å². The van der Waals surface area contributed by atoms with Crippen molar-refractivity contribution in [1.82, 2.24) is 14.5 Å².